The molecule has 7 heteroatoms. The molecule has 0 aliphatic heterocycles. The van der Waals surface area contributed by atoms with Gasteiger partial charge >= 0.3 is 6.09 Å². The first-order chi connectivity index (χ1) is 13.7. The molecule has 0 aromatic heterocycles. The standard InChI is InChI=1S/C22H28N2O5/c1-22(2,3)29-21(27)23-11-13-28-14-12-24(4)20(26)18-10-6-8-16-7-5-9-17(15-25)19(16)18/h5-10,15H,11-14H2,1-4H3,(H,23,27). The third kappa shape index (κ3) is 6.57. The van der Waals surface area contributed by atoms with Crippen molar-refractivity contribution in [1.82, 2.24) is 10.2 Å². The van der Waals surface area contributed by atoms with Gasteiger partial charge < -0.3 is 19.7 Å². The topological polar surface area (TPSA) is 84.9 Å². The zero-order chi connectivity index (χ0) is 21.4. The molecule has 1 N–H and O–H groups in total. The van der Waals surface area contributed by atoms with Crippen LogP contribution < -0.4 is 5.32 Å². The smallest absolute Gasteiger partial charge is 0.407 e. The van der Waals surface area contributed by atoms with Crippen LogP contribution in [0.25, 0.3) is 10.8 Å². The maximum absolute atomic E-state index is 12.8. The minimum absolute atomic E-state index is 0.180. The van der Waals surface area contributed by atoms with E-state index in [-0.39, 0.29) is 5.91 Å². The lowest BCUT2D eigenvalue weighted by Crippen LogP contribution is -2.35. The van der Waals surface area contributed by atoms with Crippen LogP contribution in [0.5, 0.6) is 0 Å². The van der Waals surface area contributed by atoms with Crippen LogP contribution in [0.4, 0.5) is 4.79 Å². The molecule has 0 aliphatic carbocycles. The maximum Gasteiger partial charge on any atom is 0.407 e. The summed E-state index contributed by atoms with van der Waals surface area (Å²) in [4.78, 5) is 37.3. The minimum Gasteiger partial charge on any atom is -0.444 e. The Bertz CT molecular complexity index is 868. The number of hydrogen-bond donors (Lipinski definition) is 1. The van der Waals surface area contributed by atoms with Crippen LogP contribution in [0.2, 0.25) is 0 Å². The first-order valence-electron chi connectivity index (χ1n) is 9.50. The van der Waals surface area contributed by atoms with Crippen molar-refractivity contribution in [3.8, 4) is 0 Å². The van der Waals surface area contributed by atoms with E-state index in [1.54, 1.807) is 57.0 Å². The highest BCUT2D eigenvalue weighted by molar-refractivity contribution is 6.12. The van der Waals surface area contributed by atoms with Crippen LogP contribution in [-0.2, 0) is 9.47 Å². The fourth-order valence-electron chi connectivity index (χ4n) is 2.80. The number of rotatable bonds is 8. The molecular weight excluding hydrogens is 372 g/mol. The Morgan fingerprint density at radius 1 is 1.10 bits per heavy atom. The second-order valence-electron chi connectivity index (χ2n) is 7.64. The number of aldehydes is 1. The molecule has 7 nitrogen and oxygen atoms in total. The molecule has 0 aliphatic rings. The van der Waals surface area contributed by atoms with E-state index in [2.05, 4.69) is 5.32 Å². The van der Waals surface area contributed by atoms with Gasteiger partial charge in [0.15, 0.2) is 6.29 Å². The summed E-state index contributed by atoms with van der Waals surface area (Å²) in [7, 11) is 1.69. The van der Waals surface area contributed by atoms with E-state index in [1.807, 2.05) is 12.1 Å². The number of likely N-dealkylation sites (N-methyl/N-ethyl adjacent to an activating group) is 1. The van der Waals surface area contributed by atoms with E-state index in [4.69, 9.17) is 9.47 Å². The van der Waals surface area contributed by atoms with Crippen LogP contribution in [0, 0.1) is 0 Å². The van der Waals surface area contributed by atoms with Crippen LogP contribution in [-0.4, -0.2) is 62.1 Å². The second-order valence-corrected chi connectivity index (χ2v) is 7.64. The van der Waals surface area contributed by atoms with Crippen molar-refractivity contribution < 1.29 is 23.9 Å². The van der Waals surface area contributed by atoms with Gasteiger partial charge in [0, 0.05) is 36.7 Å². The Kier molecular flexibility index (Phi) is 7.73. The molecule has 0 atom stereocenters. The van der Waals surface area contributed by atoms with Crippen molar-refractivity contribution in [2.75, 3.05) is 33.4 Å². The zero-order valence-corrected chi connectivity index (χ0v) is 17.4. The fourth-order valence-corrected chi connectivity index (χ4v) is 2.80. The summed E-state index contributed by atoms with van der Waals surface area (Å²) < 4.78 is 10.6. The minimum atomic E-state index is -0.542. The number of nitrogens with zero attached hydrogens (tertiary/aromatic N) is 1. The van der Waals surface area contributed by atoms with E-state index in [0.29, 0.717) is 42.8 Å². The van der Waals surface area contributed by atoms with Crippen molar-refractivity contribution in [2.24, 2.45) is 0 Å². The van der Waals surface area contributed by atoms with Crippen molar-refractivity contribution in [3.63, 3.8) is 0 Å². The maximum atomic E-state index is 12.8. The van der Waals surface area contributed by atoms with Gasteiger partial charge in [-0.2, -0.15) is 0 Å². The molecule has 2 rings (SSSR count). The van der Waals surface area contributed by atoms with Crippen LogP contribution in [0.15, 0.2) is 36.4 Å². The number of nitrogens with one attached hydrogen (secondary N) is 1. The third-order valence-corrected chi connectivity index (χ3v) is 4.13. The number of alkyl carbamates (subject to hydrolysis) is 1. The molecule has 0 heterocycles. The van der Waals surface area contributed by atoms with Gasteiger partial charge in [0.2, 0.25) is 0 Å². The van der Waals surface area contributed by atoms with Gasteiger partial charge in [0.05, 0.1) is 13.2 Å². The van der Waals surface area contributed by atoms with Gasteiger partial charge in [0.1, 0.15) is 5.60 Å². The van der Waals surface area contributed by atoms with E-state index in [1.165, 1.54) is 0 Å². The van der Waals surface area contributed by atoms with Gasteiger partial charge in [-0.05, 0) is 32.2 Å². The predicted molar refractivity (Wildman–Crippen MR) is 111 cm³/mol. The summed E-state index contributed by atoms with van der Waals surface area (Å²) >= 11 is 0. The predicted octanol–water partition coefficient (Wildman–Crippen LogP) is 3.27. The van der Waals surface area contributed by atoms with E-state index in [0.717, 1.165) is 11.7 Å². The van der Waals surface area contributed by atoms with Gasteiger partial charge in [-0.15, -0.1) is 0 Å². The normalized spacial score (nSPS) is 11.2. The van der Waals surface area contributed by atoms with Gasteiger partial charge in [-0.25, -0.2) is 4.79 Å². The number of carbonyl (C=O) groups is 3. The second kappa shape index (κ2) is 10.0. The molecule has 29 heavy (non-hydrogen) atoms. The van der Waals surface area contributed by atoms with Crippen molar-refractivity contribution in [3.05, 3.63) is 47.5 Å². The lowest BCUT2D eigenvalue weighted by Gasteiger charge is -2.20. The number of fused-ring (bicyclic) bond motifs is 1. The number of amides is 2. The summed E-state index contributed by atoms with van der Waals surface area (Å²) in [5, 5.41) is 4.11. The Balaban J connectivity index is 1.84. The van der Waals surface area contributed by atoms with E-state index < -0.39 is 11.7 Å². The summed E-state index contributed by atoms with van der Waals surface area (Å²) in [5.74, 6) is -0.180. The summed E-state index contributed by atoms with van der Waals surface area (Å²) in [5.41, 5.74) is 0.433. The highest BCUT2D eigenvalue weighted by Gasteiger charge is 2.17. The molecular formula is C22H28N2O5. The summed E-state index contributed by atoms with van der Waals surface area (Å²) in [6.07, 6.45) is 0.273. The first-order valence-corrected chi connectivity index (χ1v) is 9.50. The molecule has 2 aromatic rings. The SMILES string of the molecule is CN(CCOCCNC(=O)OC(C)(C)C)C(=O)c1cccc2cccc(C=O)c12. The quantitative estimate of drug-likeness (QED) is 0.543. The molecule has 0 spiro atoms. The van der Waals surface area contributed by atoms with Crippen LogP contribution in [0.3, 0.4) is 0 Å². The van der Waals surface area contributed by atoms with Crippen molar-refractivity contribution >= 4 is 29.1 Å². The molecule has 156 valence electrons. The third-order valence-electron chi connectivity index (χ3n) is 4.13. The van der Waals surface area contributed by atoms with Crippen LogP contribution in [0.1, 0.15) is 41.5 Å². The molecule has 0 radical (unpaired) electrons. The van der Waals surface area contributed by atoms with E-state index >= 15 is 0 Å². The fraction of sp³-hybridized carbons (Fsp3) is 0.409. The Hall–Kier alpha value is -2.93. The molecule has 0 saturated heterocycles. The van der Waals surface area contributed by atoms with Crippen molar-refractivity contribution in [1.29, 1.82) is 0 Å². The highest BCUT2D eigenvalue weighted by Crippen LogP contribution is 2.23. The van der Waals surface area contributed by atoms with Crippen LogP contribution >= 0.6 is 0 Å². The summed E-state index contributed by atoms with van der Waals surface area (Å²) in [6, 6.07) is 10.8. The Labute approximate surface area is 171 Å². The summed E-state index contributed by atoms with van der Waals surface area (Å²) in [6.45, 7) is 6.72. The number of benzene rings is 2. The van der Waals surface area contributed by atoms with Gasteiger partial charge in [0.25, 0.3) is 5.91 Å². The van der Waals surface area contributed by atoms with Gasteiger partial charge in [-0.3, -0.25) is 9.59 Å². The Morgan fingerprint density at radius 3 is 2.45 bits per heavy atom. The average molecular weight is 400 g/mol. The molecule has 0 saturated carbocycles. The number of ether oxygens (including phenoxy) is 2. The lowest BCUT2D eigenvalue weighted by atomic mass is 9.99. The zero-order valence-electron chi connectivity index (χ0n) is 17.4. The molecule has 2 amide bonds. The van der Waals surface area contributed by atoms with Gasteiger partial charge in [-0.1, -0.05) is 30.3 Å². The highest BCUT2D eigenvalue weighted by atomic mass is 16.6. The van der Waals surface area contributed by atoms with Crippen molar-refractivity contribution in [2.45, 2.75) is 26.4 Å². The number of hydrogen-bond acceptors (Lipinski definition) is 5. The Morgan fingerprint density at radius 2 is 1.79 bits per heavy atom. The largest absolute Gasteiger partial charge is 0.444 e. The first kappa shape index (κ1) is 22.4. The van der Waals surface area contributed by atoms with E-state index in [9.17, 15) is 14.4 Å². The molecule has 0 fully saturated rings. The monoisotopic (exact) mass is 400 g/mol. The molecule has 2 aromatic carbocycles. The molecule has 0 bridgehead atoms. The number of carbonyl (C=O) groups excluding carboxylic acids is 3. The molecule has 0 unspecified atom stereocenters. The average Bonchev–Trinajstić information content (AvgIpc) is 2.67. The lowest BCUT2D eigenvalue weighted by molar-refractivity contribution is 0.0491.